The van der Waals surface area contributed by atoms with E-state index in [1.165, 1.54) is 0 Å². The van der Waals surface area contributed by atoms with Gasteiger partial charge in [0.1, 0.15) is 0 Å². The smallest absolute Gasteiger partial charge is 0.0901 e. The monoisotopic (exact) mass is 129 g/mol. The molecule has 0 amide bonds. The molecule has 0 bridgehead atoms. The molecule has 1 N–H and O–H groups in total. The van der Waals surface area contributed by atoms with Gasteiger partial charge in [0, 0.05) is 21.4 Å². The van der Waals surface area contributed by atoms with Gasteiger partial charge in [-0.1, -0.05) is 0 Å². The SMILES string of the molecule is POCc1ccc[nH]1. The van der Waals surface area contributed by atoms with Crippen molar-refractivity contribution in [3.63, 3.8) is 0 Å². The molecular weight excluding hydrogens is 121 g/mol. The molecule has 0 aliphatic heterocycles. The second-order valence-electron chi connectivity index (χ2n) is 1.51. The van der Waals surface area contributed by atoms with Crippen molar-refractivity contribution >= 4 is 9.47 Å². The highest BCUT2D eigenvalue weighted by Gasteiger charge is 1.85. The Morgan fingerprint density at radius 1 is 1.75 bits per heavy atom. The van der Waals surface area contributed by atoms with E-state index >= 15 is 0 Å². The Kier molecular flexibility index (Phi) is 2.07. The second kappa shape index (κ2) is 2.85. The lowest BCUT2D eigenvalue weighted by molar-refractivity contribution is 0.356. The van der Waals surface area contributed by atoms with E-state index in [1.807, 2.05) is 18.3 Å². The van der Waals surface area contributed by atoms with Gasteiger partial charge in [-0.25, -0.2) is 0 Å². The normalized spacial score (nSPS) is 9.62. The first kappa shape index (κ1) is 5.80. The maximum absolute atomic E-state index is 4.77. The number of nitrogens with one attached hydrogen (secondary N) is 1. The largest absolute Gasteiger partial charge is 0.363 e. The molecule has 0 aliphatic rings. The van der Waals surface area contributed by atoms with E-state index < -0.39 is 0 Å². The van der Waals surface area contributed by atoms with Crippen LogP contribution in [0.1, 0.15) is 5.69 Å². The summed E-state index contributed by atoms with van der Waals surface area (Å²) < 4.78 is 4.77. The molecule has 0 radical (unpaired) electrons. The minimum Gasteiger partial charge on any atom is -0.363 e. The van der Waals surface area contributed by atoms with Crippen LogP contribution in [0.3, 0.4) is 0 Å². The van der Waals surface area contributed by atoms with Gasteiger partial charge in [-0.05, 0) is 12.1 Å². The summed E-state index contributed by atoms with van der Waals surface area (Å²) in [5, 5.41) is 0. The number of aromatic amines is 1. The molecule has 2 nitrogen and oxygen atoms in total. The fourth-order valence-electron chi connectivity index (χ4n) is 0.547. The first-order chi connectivity index (χ1) is 3.93. The molecule has 1 aromatic rings. The Morgan fingerprint density at radius 2 is 2.62 bits per heavy atom. The number of hydrogen-bond donors (Lipinski definition) is 1. The van der Waals surface area contributed by atoms with Crippen LogP contribution >= 0.6 is 9.47 Å². The molecule has 3 heteroatoms. The van der Waals surface area contributed by atoms with Gasteiger partial charge in [0.05, 0.1) is 6.61 Å². The van der Waals surface area contributed by atoms with Gasteiger partial charge in [-0.15, -0.1) is 0 Å². The third kappa shape index (κ3) is 1.32. The van der Waals surface area contributed by atoms with E-state index in [0.29, 0.717) is 6.61 Å². The quantitative estimate of drug-likeness (QED) is 0.598. The molecule has 0 saturated heterocycles. The molecular formula is C5H8NOP. The van der Waals surface area contributed by atoms with Crippen LogP contribution in [0.5, 0.6) is 0 Å². The van der Waals surface area contributed by atoms with Crippen molar-refractivity contribution < 1.29 is 4.52 Å². The molecule has 44 valence electrons. The molecule has 8 heavy (non-hydrogen) atoms. The van der Waals surface area contributed by atoms with E-state index in [1.54, 1.807) is 0 Å². The molecule has 1 unspecified atom stereocenters. The summed E-state index contributed by atoms with van der Waals surface area (Å²) in [5.41, 5.74) is 1.10. The second-order valence-corrected chi connectivity index (χ2v) is 1.84. The Balaban J connectivity index is 2.50. The van der Waals surface area contributed by atoms with Crippen LogP contribution in [0.2, 0.25) is 0 Å². The average Bonchev–Trinajstić information content (AvgIpc) is 2.19. The van der Waals surface area contributed by atoms with Crippen molar-refractivity contribution in [3.05, 3.63) is 24.0 Å². The maximum Gasteiger partial charge on any atom is 0.0901 e. The minimum atomic E-state index is 0.637. The summed E-state index contributed by atoms with van der Waals surface area (Å²) >= 11 is 0. The van der Waals surface area contributed by atoms with Crippen molar-refractivity contribution in [2.45, 2.75) is 6.61 Å². The van der Waals surface area contributed by atoms with Crippen LogP contribution in [-0.4, -0.2) is 4.98 Å². The van der Waals surface area contributed by atoms with Crippen LogP contribution in [0.4, 0.5) is 0 Å². The predicted molar refractivity (Wildman–Crippen MR) is 35.3 cm³/mol. The van der Waals surface area contributed by atoms with Crippen molar-refractivity contribution in [2.75, 3.05) is 0 Å². The molecule has 1 atom stereocenters. The summed E-state index contributed by atoms with van der Waals surface area (Å²) in [6.07, 6.45) is 1.87. The van der Waals surface area contributed by atoms with Crippen molar-refractivity contribution in [1.29, 1.82) is 0 Å². The predicted octanol–water partition coefficient (Wildman–Crippen LogP) is 1.32. The summed E-state index contributed by atoms with van der Waals surface area (Å²) in [5.74, 6) is 0. The third-order valence-corrected chi connectivity index (χ3v) is 1.07. The standard InChI is InChI=1S/C5H8NOP/c8-7-4-5-2-1-3-6-5/h1-3,6H,4,8H2. The summed E-state index contributed by atoms with van der Waals surface area (Å²) in [6, 6.07) is 3.92. The lowest BCUT2D eigenvalue weighted by Crippen LogP contribution is -1.80. The molecule has 0 saturated carbocycles. The number of hydrogen-bond acceptors (Lipinski definition) is 1. The number of H-pyrrole nitrogens is 1. The Hall–Kier alpha value is -0.330. The van der Waals surface area contributed by atoms with Crippen molar-refractivity contribution in [1.82, 2.24) is 4.98 Å². The van der Waals surface area contributed by atoms with Crippen LogP contribution in [-0.2, 0) is 11.1 Å². The molecule has 1 rings (SSSR count). The molecule has 1 aromatic heterocycles. The summed E-state index contributed by atoms with van der Waals surface area (Å²) in [6.45, 7) is 0.637. The fourth-order valence-corrected chi connectivity index (χ4v) is 0.727. The van der Waals surface area contributed by atoms with E-state index in [4.69, 9.17) is 4.52 Å². The first-order valence-corrected chi connectivity index (χ1v) is 2.84. The highest BCUT2D eigenvalue weighted by Crippen LogP contribution is 1.98. The van der Waals surface area contributed by atoms with Gasteiger partial charge < -0.3 is 9.51 Å². The highest BCUT2D eigenvalue weighted by molar-refractivity contribution is 7.09. The van der Waals surface area contributed by atoms with Gasteiger partial charge in [-0.3, -0.25) is 0 Å². The summed E-state index contributed by atoms with van der Waals surface area (Å²) in [4.78, 5) is 3.00. The van der Waals surface area contributed by atoms with Gasteiger partial charge in [0.15, 0.2) is 0 Å². The van der Waals surface area contributed by atoms with E-state index in [2.05, 4.69) is 14.5 Å². The molecule has 0 spiro atoms. The third-order valence-electron chi connectivity index (χ3n) is 0.901. The molecule has 0 aromatic carbocycles. The average molecular weight is 129 g/mol. The first-order valence-electron chi connectivity index (χ1n) is 2.37. The van der Waals surface area contributed by atoms with E-state index in [9.17, 15) is 0 Å². The van der Waals surface area contributed by atoms with Gasteiger partial charge in [-0.2, -0.15) is 0 Å². The van der Waals surface area contributed by atoms with Crippen molar-refractivity contribution in [3.8, 4) is 0 Å². The number of rotatable bonds is 2. The fraction of sp³-hybridized carbons (Fsp3) is 0.200. The van der Waals surface area contributed by atoms with Crippen LogP contribution in [0.15, 0.2) is 18.3 Å². The zero-order valence-corrected chi connectivity index (χ0v) is 5.58. The zero-order valence-electron chi connectivity index (χ0n) is 4.42. The van der Waals surface area contributed by atoms with Crippen LogP contribution < -0.4 is 0 Å². The van der Waals surface area contributed by atoms with Gasteiger partial charge in [0.2, 0.25) is 0 Å². The van der Waals surface area contributed by atoms with Crippen LogP contribution in [0, 0.1) is 0 Å². The van der Waals surface area contributed by atoms with Gasteiger partial charge >= 0.3 is 0 Å². The Morgan fingerprint density at radius 3 is 3.12 bits per heavy atom. The van der Waals surface area contributed by atoms with Crippen molar-refractivity contribution in [2.24, 2.45) is 0 Å². The molecule has 0 fully saturated rings. The van der Waals surface area contributed by atoms with Gasteiger partial charge in [0.25, 0.3) is 0 Å². The van der Waals surface area contributed by atoms with Crippen LogP contribution in [0.25, 0.3) is 0 Å². The topological polar surface area (TPSA) is 25.0 Å². The maximum atomic E-state index is 4.77. The Labute approximate surface area is 50.5 Å². The minimum absolute atomic E-state index is 0.637. The lowest BCUT2D eigenvalue weighted by Gasteiger charge is -1.90. The lowest BCUT2D eigenvalue weighted by atomic mass is 10.5. The highest BCUT2D eigenvalue weighted by atomic mass is 31.0. The van der Waals surface area contributed by atoms with E-state index in [0.717, 1.165) is 5.69 Å². The number of aromatic nitrogens is 1. The summed E-state index contributed by atoms with van der Waals surface area (Å²) in [7, 11) is 2.20. The Bertz CT molecular complexity index is 138. The molecule has 1 heterocycles. The zero-order chi connectivity index (χ0) is 5.82. The van der Waals surface area contributed by atoms with E-state index in [-0.39, 0.29) is 0 Å². The molecule has 0 aliphatic carbocycles.